The number of hydrogen-bond donors (Lipinski definition) is 0. The average molecular weight is 516 g/mol. The number of amides is 1. The Morgan fingerprint density at radius 1 is 1.14 bits per heavy atom. The van der Waals surface area contributed by atoms with Crippen molar-refractivity contribution in [1.82, 2.24) is 19.7 Å². The SMILES string of the molecule is CSc1cc(CN2CCC[C@H](C)C2)cc2c1CN(c1cccc(C3(c4nncn4C)CC(C)C3)c1)C2=O. The van der Waals surface area contributed by atoms with E-state index in [0.717, 1.165) is 55.5 Å². The van der Waals surface area contributed by atoms with Gasteiger partial charge in [-0.2, -0.15) is 0 Å². The van der Waals surface area contributed by atoms with Crippen LogP contribution in [-0.4, -0.2) is 44.9 Å². The van der Waals surface area contributed by atoms with Crippen molar-refractivity contribution in [2.45, 2.75) is 62.9 Å². The summed E-state index contributed by atoms with van der Waals surface area (Å²) >= 11 is 1.76. The Morgan fingerprint density at radius 3 is 2.68 bits per heavy atom. The highest BCUT2D eigenvalue weighted by Crippen LogP contribution is 2.52. The van der Waals surface area contributed by atoms with Gasteiger partial charge in [0.1, 0.15) is 12.2 Å². The number of nitrogens with zero attached hydrogens (tertiary/aromatic N) is 5. The maximum atomic E-state index is 13.8. The predicted molar refractivity (Wildman–Crippen MR) is 149 cm³/mol. The van der Waals surface area contributed by atoms with Crippen LogP contribution < -0.4 is 4.90 Å². The standard InChI is InChI=1S/C30H37N5OS/c1-20-7-6-10-34(16-20)17-22-11-25-26(27(12-22)37-4)18-35(28(25)36)24-9-5-8-23(13-24)30(14-21(2)15-30)29-32-31-19-33(29)3/h5,8-9,11-13,19-21H,6-7,10,14-18H2,1-4H3/t20-,21?,30?/m0/s1. The fourth-order valence-electron chi connectivity index (χ4n) is 6.97. The van der Waals surface area contributed by atoms with E-state index in [4.69, 9.17) is 0 Å². The molecule has 2 fully saturated rings. The normalized spacial score (nSPS) is 25.8. The number of fused-ring (bicyclic) bond motifs is 1. The molecule has 2 aromatic carbocycles. The van der Waals surface area contributed by atoms with E-state index in [9.17, 15) is 4.79 Å². The van der Waals surface area contributed by atoms with E-state index in [2.05, 4.69) is 71.6 Å². The molecule has 0 radical (unpaired) electrons. The number of carbonyl (C=O) groups excluding carboxylic acids is 1. The van der Waals surface area contributed by atoms with Crippen LogP contribution >= 0.6 is 11.8 Å². The Balaban J connectivity index is 1.30. The van der Waals surface area contributed by atoms with Crippen LogP contribution in [0, 0.1) is 11.8 Å². The number of likely N-dealkylation sites (tertiary alicyclic amines) is 1. The topological polar surface area (TPSA) is 54.3 Å². The number of thioether (sulfide) groups is 1. The summed E-state index contributed by atoms with van der Waals surface area (Å²) in [6, 6.07) is 13.1. The molecule has 37 heavy (non-hydrogen) atoms. The maximum Gasteiger partial charge on any atom is 0.258 e. The summed E-state index contributed by atoms with van der Waals surface area (Å²) in [5.41, 5.74) is 5.35. The molecule has 0 N–H and O–H groups in total. The number of rotatable bonds is 6. The lowest BCUT2D eigenvalue weighted by Crippen LogP contribution is -2.43. The van der Waals surface area contributed by atoms with Gasteiger partial charge < -0.3 is 9.47 Å². The number of piperidine rings is 1. The number of aromatic nitrogens is 3. The van der Waals surface area contributed by atoms with E-state index in [1.807, 2.05) is 16.5 Å². The Labute approximate surface area is 224 Å². The van der Waals surface area contributed by atoms with Crippen molar-refractivity contribution < 1.29 is 4.79 Å². The summed E-state index contributed by atoms with van der Waals surface area (Å²) in [6.45, 7) is 8.48. The second-order valence-electron chi connectivity index (χ2n) is 11.6. The first-order valence-electron chi connectivity index (χ1n) is 13.6. The first-order valence-corrected chi connectivity index (χ1v) is 14.8. The molecular weight excluding hydrogens is 478 g/mol. The fourth-order valence-corrected chi connectivity index (χ4v) is 7.66. The van der Waals surface area contributed by atoms with Gasteiger partial charge in [0.2, 0.25) is 0 Å². The summed E-state index contributed by atoms with van der Waals surface area (Å²) in [6.07, 6.45) is 8.59. The predicted octanol–water partition coefficient (Wildman–Crippen LogP) is 5.65. The van der Waals surface area contributed by atoms with E-state index < -0.39 is 0 Å². The van der Waals surface area contributed by atoms with E-state index in [-0.39, 0.29) is 11.3 Å². The molecule has 1 saturated heterocycles. The zero-order valence-corrected chi connectivity index (χ0v) is 23.2. The molecule has 3 aromatic rings. The van der Waals surface area contributed by atoms with Crippen LogP contribution in [0.25, 0.3) is 0 Å². The van der Waals surface area contributed by atoms with Crippen molar-refractivity contribution >= 4 is 23.4 Å². The molecule has 0 bridgehead atoms. The smallest absolute Gasteiger partial charge is 0.258 e. The van der Waals surface area contributed by atoms with Crippen LogP contribution in [0.4, 0.5) is 5.69 Å². The van der Waals surface area contributed by atoms with E-state index in [1.54, 1.807) is 18.1 Å². The molecule has 1 aromatic heterocycles. The molecule has 7 heteroatoms. The van der Waals surface area contributed by atoms with Gasteiger partial charge in [-0.3, -0.25) is 9.69 Å². The van der Waals surface area contributed by atoms with Gasteiger partial charge in [0.25, 0.3) is 5.91 Å². The molecule has 1 amide bonds. The molecule has 1 saturated carbocycles. The monoisotopic (exact) mass is 515 g/mol. The van der Waals surface area contributed by atoms with Crippen LogP contribution in [0.3, 0.4) is 0 Å². The number of benzene rings is 2. The van der Waals surface area contributed by atoms with Crippen molar-refractivity contribution in [3.05, 3.63) is 70.8 Å². The number of carbonyl (C=O) groups is 1. The Bertz CT molecular complexity index is 1330. The second-order valence-corrected chi connectivity index (χ2v) is 12.5. The summed E-state index contributed by atoms with van der Waals surface area (Å²) < 4.78 is 2.05. The van der Waals surface area contributed by atoms with Crippen molar-refractivity contribution in [2.75, 3.05) is 24.2 Å². The molecule has 0 unspecified atom stereocenters. The highest BCUT2D eigenvalue weighted by Gasteiger charge is 2.48. The zero-order chi connectivity index (χ0) is 25.7. The van der Waals surface area contributed by atoms with Gasteiger partial charge in [0.15, 0.2) is 0 Å². The van der Waals surface area contributed by atoms with Crippen LogP contribution in [-0.2, 0) is 25.6 Å². The van der Waals surface area contributed by atoms with Gasteiger partial charge in [-0.25, -0.2) is 0 Å². The highest BCUT2D eigenvalue weighted by atomic mass is 32.2. The van der Waals surface area contributed by atoms with Crippen LogP contribution in [0.1, 0.15) is 72.4 Å². The van der Waals surface area contributed by atoms with Crippen molar-refractivity contribution in [1.29, 1.82) is 0 Å². The Morgan fingerprint density at radius 2 is 1.97 bits per heavy atom. The summed E-state index contributed by atoms with van der Waals surface area (Å²) in [7, 11) is 2.02. The lowest BCUT2D eigenvalue weighted by Gasteiger charge is -2.46. The molecule has 194 valence electrons. The number of aryl methyl sites for hydroxylation is 1. The third-order valence-electron chi connectivity index (χ3n) is 8.67. The highest BCUT2D eigenvalue weighted by molar-refractivity contribution is 7.98. The molecule has 6 rings (SSSR count). The van der Waals surface area contributed by atoms with Gasteiger partial charge in [-0.1, -0.05) is 26.0 Å². The quantitative estimate of drug-likeness (QED) is 0.398. The number of hydrogen-bond acceptors (Lipinski definition) is 5. The number of anilines is 1. The van der Waals surface area contributed by atoms with Gasteiger partial charge in [-0.15, -0.1) is 22.0 Å². The van der Waals surface area contributed by atoms with Gasteiger partial charge in [0.05, 0.1) is 12.0 Å². The first kappa shape index (κ1) is 24.7. The Hall–Kier alpha value is -2.64. The molecule has 6 nitrogen and oxygen atoms in total. The van der Waals surface area contributed by atoms with Gasteiger partial charge >= 0.3 is 0 Å². The summed E-state index contributed by atoms with van der Waals surface area (Å²) in [5.74, 6) is 2.52. The summed E-state index contributed by atoms with van der Waals surface area (Å²) in [4.78, 5) is 19.6. The third-order valence-corrected chi connectivity index (χ3v) is 9.48. The van der Waals surface area contributed by atoms with E-state index in [0.29, 0.717) is 12.5 Å². The average Bonchev–Trinajstić information content (AvgIpc) is 3.45. The second kappa shape index (κ2) is 9.59. The van der Waals surface area contributed by atoms with Crippen LogP contribution in [0.2, 0.25) is 0 Å². The van der Waals surface area contributed by atoms with E-state index in [1.165, 1.54) is 34.4 Å². The molecule has 3 aliphatic rings. The fraction of sp³-hybridized carbons (Fsp3) is 0.500. The van der Waals surface area contributed by atoms with Crippen LogP contribution in [0.5, 0.6) is 0 Å². The van der Waals surface area contributed by atoms with E-state index >= 15 is 0 Å². The first-order chi connectivity index (χ1) is 17.9. The van der Waals surface area contributed by atoms with Crippen molar-refractivity contribution in [2.24, 2.45) is 18.9 Å². The molecule has 1 atom stereocenters. The lowest BCUT2D eigenvalue weighted by atomic mass is 9.58. The van der Waals surface area contributed by atoms with Gasteiger partial charge in [-0.05, 0) is 91.3 Å². The lowest BCUT2D eigenvalue weighted by molar-refractivity contribution is 0.0996. The Kier molecular flexibility index (Phi) is 6.40. The maximum absolute atomic E-state index is 13.8. The minimum absolute atomic E-state index is 0.117. The molecule has 3 heterocycles. The van der Waals surface area contributed by atoms with Gasteiger partial charge in [0, 0.05) is 36.3 Å². The van der Waals surface area contributed by atoms with Crippen LogP contribution in [0.15, 0.2) is 47.6 Å². The molecule has 1 aliphatic carbocycles. The zero-order valence-electron chi connectivity index (χ0n) is 22.4. The minimum Gasteiger partial charge on any atom is -0.320 e. The van der Waals surface area contributed by atoms with Crippen molar-refractivity contribution in [3.8, 4) is 0 Å². The molecule has 2 aliphatic heterocycles. The largest absolute Gasteiger partial charge is 0.320 e. The minimum atomic E-state index is -0.139. The summed E-state index contributed by atoms with van der Waals surface area (Å²) in [5, 5.41) is 8.68. The van der Waals surface area contributed by atoms with Crippen molar-refractivity contribution in [3.63, 3.8) is 0 Å². The molecule has 0 spiro atoms. The molecular formula is C30H37N5OS. The third kappa shape index (κ3) is 4.30.